The first-order valence-electron chi connectivity index (χ1n) is 9.23. The van der Waals surface area contributed by atoms with Crippen molar-refractivity contribution < 1.29 is 4.52 Å². The molecule has 142 valence electrons. The highest BCUT2D eigenvalue weighted by Crippen LogP contribution is 2.24. The van der Waals surface area contributed by atoms with E-state index in [9.17, 15) is 0 Å². The molecule has 26 heavy (non-hydrogen) atoms. The number of rotatable bonds is 5. The molecule has 1 aromatic carbocycles. The van der Waals surface area contributed by atoms with Crippen LogP contribution in [0, 0.1) is 0 Å². The van der Waals surface area contributed by atoms with Gasteiger partial charge >= 0.3 is 0 Å². The fourth-order valence-electron chi connectivity index (χ4n) is 3.28. The van der Waals surface area contributed by atoms with Crippen molar-refractivity contribution >= 4 is 29.9 Å². The molecule has 0 saturated carbocycles. The number of aromatic nitrogens is 1. The third-order valence-electron chi connectivity index (χ3n) is 4.85. The largest absolute Gasteiger partial charge is 0.359 e. The maximum absolute atomic E-state index is 5.31. The van der Waals surface area contributed by atoms with Crippen LogP contribution in [-0.4, -0.2) is 18.2 Å². The van der Waals surface area contributed by atoms with Crippen LogP contribution in [-0.2, 0) is 25.8 Å². The van der Waals surface area contributed by atoms with E-state index < -0.39 is 0 Å². The van der Waals surface area contributed by atoms with Crippen LogP contribution in [0.4, 0.5) is 0 Å². The second-order valence-electron chi connectivity index (χ2n) is 6.67. The Morgan fingerprint density at radius 2 is 2.00 bits per heavy atom. The highest BCUT2D eigenvalue weighted by Gasteiger charge is 2.13. The number of benzene rings is 1. The molecule has 6 heteroatoms. The van der Waals surface area contributed by atoms with Crippen molar-refractivity contribution in [1.82, 2.24) is 15.8 Å². The predicted molar refractivity (Wildman–Crippen MR) is 116 cm³/mol. The Balaban J connectivity index is 0.00000243. The Morgan fingerprint density at radius 3 is 2.69 bits per heavy atom. The van der Waals surface area contributed by atoms with Gasteiger partial charge < -0.3 is 15.2 Å². The van der Waals surface area contributed by atoms with E-state index >= 15 is 0 Å². The van der Waals surface area contributed by atoms with Crippen molar-refractivity contribution in [2.24, 2.45) is 4.99 Å². The molecule has 3 rings (SSSR count). The summed E-state index contributed by atoms with van der Waals surface area (Å²) < 4.78 is 5.31. The Kier molecular flexibility index (Phi) is 7.93. The molecule has 2 N–H and O–H groups in total. The Labute approximate surface area is 173 Å². The lowest BCUT2D eigenvalue weighted by Crippen LogP contribution is -2.38. The Hall–Kier alpha value is -1.57. The smallest absolute Gasteiger partial charge is 0.191 e. The van der Waals surface area contributed by atoms with Crippen molar-refractivity contribution in [3.05, 3.63) is 52.4 Å². The zero-order valence-electron chi connectivity index (χ0n) is 15.8. The first-order chi connectivity index (χ1) is 12.2. The molecule has 1 atom stereocenters. The zero-order chi connectivity index (χ0) is 17.6. The van der Waals surface area contributed by atoms with E-state index in [1.807, 2.05) is 6.07 Å². The number of nitrogens with zero attached hydrogens (tertiary/aromatic N) is 2. The van der Waals surface area contributed by atoms with Crippen molar-refractivity contribution in [3.8, 4) is 0 Å². The number of guanidine groups is 1. The van der Waals surface area contributed by atoms with Crippen LogP contribution in [0.25, 0.3) is 0 Å². The summed E-state index contributed by atoms with van der Waals surface area (Å²) in [7, 11) is 1.78. The molecule has 1 unspecified atom stereocenters. The van der Waals surface area contributed by atoms with Crippen LogP contribution < -0.4 is 10.6 Å². The van der Waals surface area contributed by atoms with Gasteiger partial charge in [0.25, 0.3) is 0 Å². The van der Waals surface area contributed by atoms with Crippen LogP contribution in [0.5, 0.6) is 0 Å². The third-order valence-corrected chi connectivity index (χ3v) is 4.85. The lowest BCUT2D eigenvalue weighted by atomic mass is 9.89. The van der Waals surface area contributed by atoms with Crippen molar-refractivity contribution in [2.45, 2.75) is 58.5 Å². The van der Waals surface area contributed by atoms with Gasteiger partial charge in [-0.05, 0) is 55.7 Å². The summed E-state index contributed by atoms with van der Waals surface area (Å²) in [6.07, 6.45) is 5.92. The summed E-state index contributed by atoms with van der Waals surface area (Å²) in [5.74, 6) is 1.58. The van der Waals surface area contributed by atoms with Gasteiger partial charge in [-0.25, -0.2) is 0 Å². The quantitative estimate of drug-likeness (QED) is 0.393. The van der Waals surface area contributed by atoms with E-state index in [-0.39, 0.29) is 30.0 Å². The van der Waals surface area contributed by atoms with Crippen molar-refractivity contribution in [2.75, 3.05) is 7.05 Å². The highest BCUT2D eigenvalue weighted by molar-refractivity contribution is 14.0. The van der Waals surface area contributed by atoms with Crippen molar-refractivity contribution in [3.63, 3.8) is 0 Å². The van der Waals surface area contributed by atoms with Gasteiger partial charge in [0.15, 0.2) is 11.7 Å². The summed E-state index contributed by atoms with van der Waals surface area (Å²) in [4.78, 5) is 4.32. The number of halogens is 1. The molecule has 5 nitrogen and oxygen atoms in total. The molecule has 0 saturated heterocycles. The summed E-state index contributed by atoms with van der Waals surface area (Å²) in [6.45, 7) is 4.81. The van der Waals surface area contributed by atoms with Crippen molar-refractivity contribution in [1.29, 1.82) is 0 Å². The van der Waals surface area contributed by atoms with E-state index in [0.717, 1.165) is 23.8 Å². The molecule has 1 heterocycles. The summed E-state index contributed by atoms with van der Waals surface area (Å²) in [5, 5.41) is 10.8. The van der Waals surface area contributed by atoms with Gasteiger partial charge in [-0.3, -0.25) is 4.99 Å². The molecular weight excluding hydrogens is 439 g/mol. The van der Waals surface area contributed by atoms with Gasteiger partial charge in [0.1, 0.15) is 0 Å². The first-order valence-corrected chi connectivity index (χ1v) is 9.23. The Bertz CT molecular complexity index is 741. The van der Waals surface area contributed by atoms with E-state index in [2.05, 4.69) is 52.8 Å². The van der Waals surface area contributed by atoms with E-state index in [1.54, 1.807) is 7.05 Å². The molecule has 2 aromatic rings. The molecule has 0 spiro atoms. The van der Waals surface area contributed by atoms with E-state index in [0.29, 0.717) is 6.54 Å². The number of nitrogens with one attached hydrogen (secondary N) is 2. The maximum Gasteiger partial charge on any atom is 0.191 e. The molecule has 1 aliphatic rings. The fourth-order valence-corrected chi connectivity index (χ4v) is 3.28. The molecular formula is C20H29IN4O. The normalized spacial score (nSPS) is 15.0. The first kappa shape index (κ1) is 20.7. The van der Waals surface area contributed by atoms with Gasteiger partial charge in [-0.15, -0.1) is 24.0 Å². The summed E-state index contributed by atoms with van der Waals surface area (Å²) in [5.41, 5.74) is 5.30. The van der Waals surface area contributed by atoms with Gasteiger partial charge in [-0.1, -0.05) is 30.3 Å². The Morgan fingerprint density at radius 1 is 1.23 bits per heavy atom. The molecule has 1 aliphatic carbocycles. The molecule has 0 amide bonds. The number of fused-ring (bicyclic) bond motifs is 1. The van der Waals surface area contributed by atoms with E-state index in [1.165, 1.54) is 42.4 Å². The highest BCUT2D eigenvalue weighted by atomic mass is 127. The SMILES string of the molecule is CCc1cc(CNC(=NC)NC(C)c2ccc3c(c2)CCCC3)on1.I. The number of hydrogen-bond donors (Lipinski definition) is 2. The minimum Gasteiger partial charge on any atom is -0.359 e. The maximum atomic E-state index is 5.31. The molecule has 1 aromatic heterocycles. The van der Waals surface area contributed by atoms with E-state index in [4.69, 9.17) is 4.52 Å². The topological polar surface area (TPSA) is 62.5 Å². The van der Waals surface area contributed by atoms with Gasteiger partial charge in [0, 0.05) is 13.1 Å². The number of aryl methyl sites for hydroxylation is 3. The van der Waals surface area contributed by atoms with Gasteiger partial charge in [-0.2, -0.15) is 0 Å². The molecule has 0 fully saturated rings. The number of hydrogen-bond acceptors (Lipinski definition) is 3. The second-order valence-corrected chi connectivity index (χ2v) is 6.67. The van der Waals surface area contributed by atoms with Crippen LogP contribution in [0.2, 0.25) is 0 Å². The zero-order valence-corrected chi connectivity index (χ0v) is 18.2. The molecule has 0 radical (unpaired) electrons. The lowest BCUT2D eigenvalue weighted by Gasteiger charge is -2.21. The lowest BCUT2D eigenvalue weighted by molar-refractivity contribution is 0.374. The van der Waals surface area contributed by atoms with Crippen LogP contribution in [0.15, 0.2) is 33.8 Å². The second kappa shape index (κ2) is 9.94. The van der Waals surface area contributed by atoms with Crippen LogP contribution >= 0.6 is 24.0 Å². The minimum atomic E-state index is 0. The molecule has 0 bridgehead atoms. The average Bonchev–Trinajstić information content (AvgIpc) is 3.12. The fraction of sp³-hybridized carbons (Fsp3) is 0.500. The summed E-state index contributed by atoms with van der Waals surface area (Å²) >= 11 is 0. The summed E-state index contributed by atoms with van der Waals surface area (Å²) in [6, 6.07) is 9.05. The van der Waals surface area contributed by atoms with Gasteiger partial charge in [0.05, 0.1) is 18.3 Å². The number of aliphatic imine (C=N–C) groups is 1. The molecule has 0 aliphatic heterocycles. The monoisotopic (exact) mass is 468 g/mol. The minimum absolute atomic E-state index is 0. The van der Waals surface area contributed by atoms with Gasteiger partial charge in [0.2, 0.25) is 0 Å². The standard InChI is InChI=1S/C20H28N4O.HI/c1-4-18-12-19(25-24-18)13-22-20(21-3)23-14(2)16-10-9-15-7-5-6-8-17(15)11-16;/h9-12,14H,4-8,13H2,1-3H3,(H2,21,22,23);1H. The van der Waals surface area contributed by atoms with Crippen LogP contribution in [0.3, 0.4) is 0 Å². The average molecular weight is 468 g/mol. The predicted octanol–water partition coefficient (Wildman–Crippen LogP) is 4.16. The third kappa shape index (κ3) is 5.22. The van der Waals surface area contributed by atoms with Crippen LogP contribution in [0.1, 0.15) is 60.9 Å².